The second-order valence-electron chi connectivity index (χ2n) is 2.35. The maximum absolute atomic E-state index is 11.2. The Morgan fingerprint density at radius 3 is 2.58 bits per heavy atom. The summed E-state index contributed by atoms with van der Waals surface area (Å²) >= 11 is 1.37. The Morgan fingerprint density at radius 2 is 2.00 bits per heavy atom. The fraction of sp³-hybridized carbons (Fsp3) is 0.333. The molecule has 0 bridgehead atoms. The van der Waals surface area contributed by atoms with Crippen molar-refractivity contribution in [2.24, 2.45) is 0 Å². The second kappa shape index (κ2) is 4.93. The summed E-state index contributed by atoms with van der Waals surface area (Å²) in [6, 6.07) is 5.78. The minimum Gasteiger partial charge on any atom is -0.280 e. The second-order valence-corrected chi connectivity index (χ2v) is 3.67. The molecule has 0 aliphatic carbocycles. The van der Waals surface area contributed by atoms with E-state index in [1.165, 1.54) is 11.8 Å². The molecule has 0 radical (unpaired) electrons. The molecule has 0 spiro atoms. The number of pyridine rings is 1. The van der Waals surface area contributed by atoms with Crippen molar-refractivity contribution in [1.29, 1.82) is 0 Å². The normalized spacial score (nSPS) is 9.75. The smallest absolute Gasteiger partial charge is 0.253 e. The van der Waals surface area contributed by atoms with Crippen molar-refractivity contribution in [3.63, 3.8) is 0 Å². The van der Waals surface area contributed by atoms with Crippen LogP contribution in [0.15, 0.2) is 30.6 Å². The molecule has 1 aromatic rings. The Labute approximate surface area is 76.6 Å². The van der Waals surface area contributed by atoms with E-state index < -0.39 is 0 Å². The SMILES string of the molecule is CCSC(=O)C[n+]1ccccc1. The molecule has 1 heterocycles. The first kappa shape index (κ1) is 9.26. The van der Waals surface area contributed by atoms with Crippen LogP contribution in [0, 0.1) is 0 Å². The van der Waals surface area contributed by atoms with E-state index in [1.54, 1.807) is 0 Å². The van der Waals surface area contributed by atoms with Gasteiger partial charge in [-0.05, 0) is 5.75 Å². The summed E-state index contributed by atoms with van der Waals surface area (Å²) in [6.45, 7) is 2.46. The fourth-order valence-corrected chi connectivity index (χ4v) is 1.46. The van der Waals surface area contributed by atoms with Crippen LogP contribution in [-0.2, 0) is 11.3 Å². The minimum atomic E-state index is 0.216. The van der Waals surface area contributed by atoms with E-state index in [0.717, 1.165) is 5.75 Å². The number of aromatic nitrogens is 1. The minimum absolute atomic E-state index is 0.216. The van der Waals surface area contributed by atoms with E-state index in [-0.39, 0.29) is 5.12 Å². The molecule has 0 amide bonds. The van der Waals surface area contributed by atoms with Crippen LogP contribution in [0.5, 0.6) is 0 Å². The third-order valence-electron chi connectivity index (χ3n) is 1.39. The molecule has 0 aliphatic heterocycles. The summed E-state index contributed by atoms with van der Waals surface area (Å²) in [5.74, 6) is 0.853. The van der Waals surface area contributed by atoms with Crippen molar-refractivity contribution >= 4 is 16.9 Å². The average molecular weight is 182 g/mol. The first-order valence-corrected chi connectivity index (χ1v) is 4.91. The maximum atomic E-state index is 11.2. The van der Waals surface area contributed by atoms with Gasteiger partial charge in [0.25, 0.3) is 5.12 Å². The summed E-state index contributed by atoms with van der Waals surface area (Å²) in [7, 11) is 0. The molecule has 0 saturated carbocycles. The van der Waals surface area contributed by atoms with Gasteiger partial charge in [0.2, 0.25) is 6.54 Å². The van der Waals surface area contributed by atoms with Crippen molar-refractivity contribution in [3.8, 4) is 0 Å². The van der Waals surface area contributed by atoms with Crippen LogP contribution in [0.4, 0.5) is 0 Å². The van der Waals surface area contributed by atoms with Crippen molar-refractivity contribution < 1.29 is 9.36 Å². The van der Waals surface area contributed by atoms with E-state index in [1.807, 2.05) is 42.1 Å². The largest absolute Gasteiger partial charge is 0.280 e. The van der Waals surface area contributed by atoms with Gasteiger partial charge in [-0.15, -0.1) is 0 Å². The van der Waals surface area contributed by atoms with Crippen LogP contribution >= 0.6 is 11.8 Å². The predicted molar refractivity (Wildman–Crippen MR) is 49.8 cm³/mol. The molecule has 0 atom stereocenters. The lowest BCUT2D eigenvalue weighted by atomic mass is 10.5. The van der Waals surface area contributed by atoms with Crippen molar-refractivity contribution in [2.45, 2.75) is 13.5 Å². The summed E-state index contributed by atoms with van der Waals surface area (Å²) in [6.07, 6.45) is 3.79. The third kappa shape index (κ3) is 3.05. The van der Waals surface area contributed by atoms with Gasteiger partial charge < -0.3 is 0 Å². The topological polar surface area (TPSA) is 20.9 Å². The van der Waals surface area contributed by atoms with Crippen LogP contribution in [0.1, 0.15) is 6.92 Å². The molecule has 0 saturated heterocycles. The number of rotatable bonds is 3. The monoisotopic (exact) mass is 182 g/mol. The van der Waals surface area contributed by atoms with E-state index >= 15 is 0 Å². The molecule has 1 aromatic heterocycles. The first-order valence-electron chi connectivity index (χ1n) is 3.92. The van der Waals surface area contributed by atoms with E-state index in [0.29, 0.717) is 6.54 Å². The highest BCUT2D eigenvalue weighted by Gasteiger charge is 2.06. The molecule has 0 unspecified atom stereocenters. The lowest BCUT2D eigenvalue weighted by Gasteiger charge is -1.93. The summed E-state index contributed by atoms with van der Waals surface area (Å²) in [5, 5.41) is 0.216. The van der Waals surface area contributed by atoms with Gasteiger partial charge in [0, 0.05) is 12.1 Å². The van der Waals surface area contributed by atoms with Gasteiger partial charge in [-0.1, -0.05) is 24.8 Å². The van der Waals surface area contributed by atoms with Gasteiger partial charge in [-0.2, -0.15) is 4.57 Å². The van der Waals surface area contributed by atoms with Crippen LogP contribution in [-0.4, -0.2) is 10.9 Å². The number of thioether (sulfide) groups is 1. The molecule has 1 rings (SSSR count). The van der Waals surface area contributed by atoms with Gasteiger partial charge in [0.15, 0.2) is 12.4 Å². The molecular weight excluding hydrogens is 170 g/mol. The lowest BCUT2D eigenvalue weighted by molar-refractivity contribution is -0.683. The summed E-state index contributed by atoms with van der Waals surface area (Å²) in [5.41, 5.74) is 0. The van der Waals surface area contributed by atoms with E-state index in [2.05, 4.69) is 0 Å². The number of hydrogen-bond donors (Lipinski definition) is 0. The summed E-state index contributed by atoms with van der Waals surface area (Å²) < 4.78 is 1.88. The van der Waals surface area contributed by atoms with Crippen molar-refractivity contribution in [1.82, 2.24) is 0 Å². The first-order chi connectivity index (χ1) is 5.83. The van der Waals surface area contributed by atoms with E-state index in [4.69, 9.17) is 0 Å². The van der Waals surface area contributed by atoms with Crippen LogP contribution in [0.25, 0.3) is 0 Å². The Hall–Kier alpha value is -0.830. The van der Waals surface area contributed by atoms with Crippen LogP contribution in [0.3, 0.4) is 0 Å². The van der Waals surface area contributed by atoms with Gasteiger partial charge in [-0.3, -0.25) is 4.79 Å². The van der Waals surface area contributed by atoms with Crippen molar-refractivity contribution in [2.75, 3.05) is 5.75 Å². The number of hydrogen-bond acceptors (Lipinski definition) is 2. The predicted octanol–water partition coefficient (Wildman–Crippen LogP) is 1.25. The quantitative estimate of drug-likeness (QED) is 0.656. The number of nitrogens with zero attached hydrogens (tertiary/aromatic N) is 1. The molecule has 0 aliphatic rings. The van der Waals surface area contributed by atoms with Gasteiger partial charge in [-0.25, -0.2) is 0 Å². The highest BCUT2D eigenvalue weighted by atomic mass is 32.2. The molecular formula is C9H12NOS+. The Morgan fingerprint density at radius 1 is 1.33 bits per heavy atom. The zero-order chi connectivity index (χ0) is 8.81. The Bertz CT molecular complexity index is 248. The Kier molecular flexibility index (Phi) is 3.80. The third-order valence-corrected chi connectivity index (χ3v) is 2.13. The van der Waals surface area contributed by atoms with Crippen LogP contribution in [0.2, 0.25) is 0 Å². The highest BCUT2D eigenvalue weighted by Crippen LogP contribution is 1.99. The zero-order valence-corrected chi connectivity index (χ0v) is 7.88. The van der Waals surface area contributed by atoms with Gasteiger partial charge in [0.05, 0.1) is 0 Å². The fourth-order valence-electron chi connectivity index (χ4n) is 0.895. The van der Waals surface area contributed by atoms with E-state index in [9.17, 15) is 4.79 Å². The Balaban J connectivity index is 2.47. The number of carbonyl (C=O) groups excluding carboxylic acids is 1. The summed E-state index contributed by atoms with van der Waals surface area (Å²) in [4.78, 5) is 11.2. The molecule has 2 nitrogen and oxygen atoms in total. The average Bonchev–Trinajstić information content (AvgIpc) is 2.06. The molecule has 3 heteroatoms. The number of carbonyl (C=O) groups is 1. The molecule has 64 valence electrons. The van der Waals surface area contributed by atoms with Crippen molar-refractivity contribution in [3.05, 3.63) is 30.6 Å². The standard InChI is InChI=1S/C9H12NOS/c1-2-12-9(11)8-10-6-4-3-5-7-10/h3-7H,2,8H2,1H3/q+1. The van der Waals surface area contributed by atoms with Crippen LogP contribution < -0.4 is 4.57 Å². The molecule has 0 N–H and O–H groups in total. The zero-order valence-electron chi connectivity index (χ0n) is 7.06. The molecule has 0 aromatic carbocycles. The lowest BCUT2D eigenvalue weighted by Crippen LogP contribution is -2.35. The maximum Gasteiger partial charge on any atom is 0.253 e. The molecule has 0 fully saturated rings. The molecule has 12 heavy (non-hydrogen) atoms. The van der Waals surface area contributed by atoms with Gasteiger partial charge in [0.1, 0.15) is 0 Å². The van der Waals surface area contributed by atoms with Gasteiger partial charge >= 0.3 is 0 Å². The highest BCUT2D eigenvalue weighted by molar-refractivity contribution is 8.13.